The molecule has 3 aromatic heterocycles. The highest BCUT2D eigenvalue weighted by molar-refractivity contribution is 6.09. The minimum absolute atomic E-state index is 0.556. The van der Waals surface area contributed by atoms with Crippen molar-refractivity contribution in [3.8, 4) is 50.7 Å². The van der Waals surface area contributed by atoms with Gasteiger partial charge in [0.1, 0.15) is 16.6 Å². The number of para-hydroxylation sites is 3. The van der Waals surface area contributed by atoms with Crippen molar-refractivity contribution < 1.29 is 4.42 Å². The molecule has 0 N–H and O–H groups in total. The summed E-state index contributed by atoms with van der Waals surface area (Å²) < 4.78 is 8.62. The summed E-state index contributed by atoms with van der Waals surface area (Å²) in [6.07, 6.45) is 0. The maximum Gasteiger partial charge on any atom is 0.238 e. The van der Waals surface area contributed by atoms with Gasteiger partial charge in [0, 0.05) is 27.1 Å². The van der Waals surface area contributed by atoms with Gasteiger partial charge in [-0.3, -0.25) is 4.57 Å². The largest absolute Gasteiger partial charge is 0.456 e. The van der Waals surface area contributed by atoms with E-state index in [2.05, 4.69) is 211 Å². The van der Waals surface area contributed by atoms with Crippen LogP contribution in [0.1, 0.15) is 22.5 Å². The lowest BCUT2D eigenvalue weighted by Crippen LogP contribution is -2.32. The van der Waals surface area contributed by atoms with E-state index < -0.39 is 5.41 Å². The molecule has 0 saturated heterocycles. The van der Waals surface area contributed by atoms with Gasteiger partial charge in [0.25, 0.3) is 0 Å². The molecule has 0 unspecified atom stereocenters. The summed E-state index contributed by atoms with van der Waals surface area (Å²) in [6.45, 7) is 0. The maximum absolute atomic E-state index is 6.41. The minimum atomic E-state index is -0.924. The van der Waals surface area contributed by atoms with Gasteiger partial charge < -0.3 is 4.42 Å². The first-order chi connectivity index (χ1) is 31.2. The average Bonchev–Trinajstić information content (AvgIpc) is 4.01. The summed E-state index contributed by atoms with van der Waals surface area (Å²) in [5, 5.41) is 4.40. The molecule has 1 aliphatic carbocycles. The Morgan fingerprint density at radius 1 is 0.365 bits per heavy atom. The van der Waals surface area contributed by atoms with Crippen LogP contribution >= 0.6 is 0 Å². The van der Waals surface area contributed by atoms with Gasteiger partial charge in [0.2, 0.25) is 5.95 Å². The van der Waals surface area contributed by atoms with Crippen molar-refractivity contribution in [3.05, 3.63) is 241 Å². The van der Waals surface area contributed by atoms with Crippen molar-refractivity contribution >= 4 is 43.7 Å². The summed E-state index contributed by atoms with van der Waals surface area (Å²) in [5.74, 6) is 1.79. The number of benzene rings is 9. The third-order valence-corrected chi connectivity index (χ3v) is 12.9. The van der Waals surface area contributed by atoms with E-state index in [1.165, 1.54) is 5.56 Å². The van der Waals surface area contributed by atoms with Crippen LogP contribution < -0.4 is 0 Å². The van der Waals surface area contributed by atoms with E-state index in [4.69, 9.17) is 19.4 Å². The predicted octanol–water partition coefficient (Wildman–Crippen LogP) is 14.2. The number of furan rings is 1. The Labute approximate surface area is 363 Å². The lowest BCUT2D eigenvalue weighted by molar-refractivity contribution is 0.665. The van der Waals surface area contributed by atoms with Gasteiger partial charge in [-0.1, -0.05) is 176 Å². The number of aromatic nitrogens is 4. The second kappa shape index (κ2) is 13.8. The SMILES string of the molecule is c1ccc(-c2cccc(-c3cccc(-c4nc(-n5c6ccccc6c6ccccc65)nc(C5(c6ccc7oc8ccccc8c7c6)c6ccccc6-c6ccccc65)n4)c3)c2)cc1. The van der Waals surface area contributed by atoms with Gasteiger partial charge in [-0.15, -0.1) is 0 Å². The highest BCUT2D eigenvalue weighted by atomic mass is 16.3. The number of rotatable bonds is 6. The Morgan fingerprint density at radius 3 is 1.59 bits per heavy atom. The second-order valence-electron chi connectivity index (χ2n) is 16.3. The first-order valence-corrected chi connectivity index (χ1v) is 21.3. The van der Waals surface area contributed by atoms with Gasteiger partial charge in [-0.2, -0.15) is 9.97 Å². The van der Waals surface area contributed by atoms with Crippen molar-refractivity contribution in [1.82, 2.24) is 19.5 Å². The molecule has 5 heteroatoms. The van der Waals surface area contributed by atoms with Crippen LogP contribution in [0, 0.1) is 0 Å². The first-order valence-electron chi connectivity index (χ1n) is 21.3. The highest BCUT2D eigenvalue weighted by Gasteiger charge is 2.49. The van der Waals surface area contributed by atoms with E-state index in [-0.39, 0.29) is 0 Å². The zero-order valence-electron chi connectivity index (χ0n) is 34.0. The fourth-order valence-corrected chi connectivity index (χ4v) is 10.1. The van der Waals surface area contributed by atoms with E-state index >= 15 is 0 Å². The Hall–Kier alpha value is -8.41. The molecule has 5 nitrogen and oxygen atoms in total. The van der Waals surface area contributed by atoms with E-state index in [1.54, 1.807) is 0 Å². The fourth-order valence-electron chi connectivity index (χ4n) is 10.1. The van der Waals surface area contributed by atoms with E-state index in [0.717, 1.165) is 93.8 Å². The van der Waals surface area contributed by atoms with Crippen molar-refractivity contribution in [1.29, 1.82) is 0 Å². The number of hydrogen-bond donors (Lipinski definition) is 0. The molecule has 0 bridgehead atoms. The predicted molar refractivity (Wildman–Crippen MR) is 255 cm³/mol. The van der Waals surface area contributed by atoms with E-state index in [0.29, 0.717) is 17.6 Å². The highest BCUT2D eigenvalue weighted by Crippen LogP contribution is 2.56. The summed E-state index contributed by atoms with van der Waals surface area (Å²) in [4.78, 5) is 16.8. The van der Waals surface area contributed by atoms with Crippen molar-refractivity contribution in [2.75, 3.05) is 0 Å². The molecule has 0 aliphatic heterocycles. The van der Waals surface area contributed by atoms with Gasteiger partial charge in [-0.25, -0.2) is 4.98 Å². The quantitative estimate of drug-likeness (QED) is 0.168. The monoisotopic (exact) mass is 804 g/mol. The number of fused-ring (bicyclic) bond motifs is 9. The van der Waals surface area contributed by atoms with Gasteiger partial charge in [0.15, 0.2) is 11.6 Å². The Morgan fingerprint density at radius 2 is 0.889 bits per heavy atom. The molecule has 0 saturated carbocycles. The van der Waals surface area contributed by atoms with Crippen LogP contribution in [0.5, 0.6) is 0 Å². The van der Waals surface area contributed by atoms with E-state index in [1.807, 2.05) is 12.1 Å². The fraction of sp³-hybridized carbons (Fsp3) is 0.0172. The molecule has 63 heavy (non-hydrogen) atoms. The molecule has 0 spiro atoms. The molecule has 0 amide bonds. The smallest absolute Gasteiger partial charge is 0.238 e. The number of hydrogen-bond acceptors (Lipinski definition) is 4. The molecular weight excluding hydrogens is 769 g/mol. The van der Waals surface area contributed by atoms with Gasteiger partial charge in [-0.05, 0) is 92.5 Å². The Bertz CT molecular complexity index is 3670. The lowest BCUT2D eigenvalue weighted by Gasteiger charge is -2.32. The van der Waals surface area contributed by atoms with Crippen LogP contribution in [0.2, 0.25) is 0 Å². The van der Waals surface area contributed by atoms with Crippen LogP contribution in [-0.2, 0) is 5.41 Å². The molecular formula is C58H36N4O. The molecule has 0 radical (unpaired) electrons. The zero-order chi connectivity index (χ0) is 41.5. The summed E-state index contributed by atoms with van der Waals surface area (Å²) in [5.41, 5.74) is 13.9. The first kappa shape index (κ1) is 35.4. The van der Waals surface area contributed by atoms with Crippen LogP contribution in [0.25, 0.3) is 94.5 Å². The molecule has 3 heterocycles. The van der Waals surface area contributed by atoms with E-state index in [9.17, 15) is 0 Å². The van der Waals surface area contributed by atoms with Crippen LogP contribution in [-0.4, -0.2) is 19.5 Å². The molecule has 9 aromatic carbocycles. The molecule has 0 fully saturated rings. The summed E-state index contributed by atoms with van der Waals surface area (Å²) in [6, 6.07) is 77.2. The second-order valence-corrected chi connectivity index (χ2v) is 16.3. The van der Waals surface area contributed by atoms with Gasteiger partial charge in [0.05, 0.1) is 11.0 Å². The number of nitrogens with zero attached hydrogens (tertiary/aromatic N) is 4. The van der Waals surface area contributed by atoms with Crippen LogP contribution in [0.15, 0.2) is 223 Å². The molecule has 294 valence electrons. The summed E-state index contributed by atoms with van der Waals surface area (Å²) in [7, 11) is 0. The lowest BCUT2D eigenvalue weighted by atomic mass is 9.71. The Balaban J connectivity index is 1.12. The third-order valence-electron chi connectivity index (χ3n) is 12.9. The maximum atomic E-state index is 6.41. The summed E-state index contributed by atoms with van der Waals surface area (Å²) >= 11 is 0. The molecule has 12 aromatic rings. The van der Waals surface area contributed by atoms with Gasteiger partial charge >= 0.3 is 0 Å². The topological polar surface area (TPSA) is 56.7 Å². The van der Waals surface area contributed by atoms with Crippen LogP contribution in [0.3, 0.4) is 0 Å². The molecule has 1 aliphatic rings. The average molecular weight is 805 g/mol. The standard InChI is InChI=1S/C58H36N4O/c1-2-16-37(17-3-1)38-18-14-19-39(34-38)40-20-15-21-41(35-40)55-59-56(61-57(60-55)62-51-29-11-6-24-45(51)46-25-7-12-30-52(46)62)58(49-27-9-4-22-43(49)44-23-5-10-28-50(44)58)42-32-33-54-48(36-42)47-26-8-13-31-53(47)63-54/h1-36H. The van der Waals surface area contributed by atoms with Crippen molar-refractivity contribution in [3.63, 3.8) is 0 Å². The van der Waals surface area contributed by atoms with Crippen LogP contribution in [0.4, 0.5) is 0 Å². The molecule has 13 rings (SSSR count). The zero-order valence-corrected chi connectivity index (χ0v) is 34.0. The molecule has 0 atom stereocenters. The van der Waals surface area contributed by atoms with Crippen molar-refractivity contribution in [2.45, 2.75) is 5.41 Å². The Kier molecular flexibility index (Phi) is 7.75. The third kappa shape index (κ3) is 5.33. The normalized spacial score (nSPS) is 12.9. The van der Waals surface area contributed by atoms with Crippen molar-refractivity contribution in [2.24, 2.45) is 0 Å². The minimum Gasteiger partial charge on any atom is -0.456 e.